The van der Waals surface area contributed by atoms with E-state index in [0.717, 1.165) is 57.5 Å². The molecular weight excluding hydrogens is 414 g/mol. The van der Waals surface area contributed by atoms with Crippen LogP contribution in [-0.2, 0) is 31.3 Å². The van der Waals surface area contributed by atoms with E-state index in [1.54, 1.807) is 7.11 Å². The largest absolute Gasteiger partial charge is 0.399 e. The number of aromatic nitrogens is 3. The maximum atomic E-state index is 13.2. The highest BCUT2D eigenvalue weighted by molar-refractivity contribution is 6.20. The molecule has 2 aromatic carbocycles. The first-order valence-corrected chi connectivity index (χ1v) is 11.4. The third-order valence-electron chi connectivity index (χ3n) is 7.05. The van der Waals surface area contributed by atoms with Crippen LogP contribution in [0, 0.1) is 0 Å². The van der Waals surface area contributed by atoms with Crippen molar-refractivity contribution in [1.82, 2.24) is 19.7 Å². The molecular formula is C26H27N5O2. The fraction of sp³-hybridized carbons (Fsp3) is 0.346. The predicted octanol–water partition coefficient (Wildman–Crippen LogP) is 4.49. The topological polar surface area (TPSA) is 73.4 Å². The number of hydrogen-bond acceptors (Lipinski definition) is 4. The summed E-state index contributed by atoms with van der Waals surface area (Å²) < 4.78 is 4.31. The van der Waals surface area contributed by atoms with Gasteiger partial charge in [0, 0.05) is 53.2 Å². The minimum atomic E-state index is 0.0126. The molecule has 3 heterocycles. The SMILES string of the molecule is CO/N=C(\C)c1ccc2c(c1)c1c3c(c4c(c1n2C(C)C)CCc1nn(C)cc1-4)C(=O)NC3. The molecule has 2 aliphatic rings. The lowest BCUT2D eigenvalue weighted by atomic mass is 9.82. The normalized spacial score (nSPS) is 15.2. The van der Waals surface area contributed by atoms with Crippen molar-refractivity contribution in [2.45, 2.75) is 46.2 Å². The molecule has 2 aromatic heterocycles. The molecule has 0 bridgehead atoms. The number of carbonyl (C=O) groups excluding carboxylic acids is 1. The van der Waals surface area contributed by atoms with Crippen LogP contribution >= 0.6 is 0 Å². The highest BCUT2D eigenvalue weighted by Crippen LogP contribution is 2.47. The van der Waals surface area contributed by atoms with Crippen LogP contribution in [0.2, 0.25) is 0 Å². The van der Waals surface area contributed by atoms with Gasteiger partial charge in [0.15, 0.2) is 0 Å². The van der Waals surface area contributed by atoms with E-state index >= 15 is 0 Å². The van der Waals surface area contributed by atoms with E-state index in [9.17, 15) is 4.79 Å². The summed E-state index contributed by atoms with van der Waals surface area (Å²) in [4.78, 5) is 18.2. The number of rotatable bonds is 3. The Bertz CT molecular complexity index is 1520. The quantitative estimate of drug-likeness (QED) is 0.376. The van der Waals surface area contributed by atoms with Crippen molar-refractivity contribution in [3.63, 3.8) is 0 Å². The molecule has 4 aromatic rings. The van der Waals surface area contributed by atoms with Gasteiger partial charge < -0.3 is 14.7 Å². The van der Waals surface area contributed by atoms with Crippen molar-refractivity contribution in [2.24, 2.45) is 12.2 Å². The van der Waals surface area contributed by atoms with Crippen LogP contribution < -0.4 is 5.32 Å². The zero-order valence-electron chi connectivity index (χ0n) is 19.6. The monoisotopic (exact) mass is 441 g/mol. The Morgan fingerprint density at radius 2 is 2.03 bits per heavy atom. The molecule has 7 heteroatoms. The Kier molecular flexibility index (Phi) is 4.21. The maximum Gasteiger partial charge on any atom is 0.252 e. The smallest absolute Gasteiger partial charge is 0.252 e. The molecule has 0 radical (unpaired) electrons. The lowest BCUT2D eigenvalue weighted by molar-refractivity contribution is 0.0966. The van der Waals surface area contributed by atoms with Crippen molar-refractivity contribution < 1.29 is 9.63 Å². The van der Waals surface area contributed by atoms with Crippen LogP contribution in [0.5, 0.6) is 0 Å². The predicted molar refractivity (Wildman–Crippen MR) is 130 cm³/mol. The van der Waals surface area contributed by atoms with E-state index in [1.165, 1.54) is 22.0 Å². The summed E-state index contributed by atoms with van der Waals surface area (Å²) in [5.74, 6) is 0.0126. The van der Waals surface area contributed by atoms with Crippen LogP contribution in [0.3, 0.4) is 0 Å². The van der Waals surface area contributed by atoms with Crippen molar-refractivity contribution in [2.75, 3.05) is 7.11 Å². The Labute approximate surface area is 192 Å². The summed E-state index contributed by atoms with van der Waals surface area (Å²) in [5, 5.41) is 14.3. The fourth-order valence-electron chi connectivity index (χ4n) is 5.81. The third-order valence-corrected chi connectivity index (χ3v) is 7.05. The lowest BCUT2D eigenvalue weighted by Crippen LogP contribution is -2.15. The van der Waals surface area contributed by atoms with Gasteiger partial charge in [-0.25, -0.2) is 0 Å². The van der Waals surface area contributed by atoms with Gasteiger partial charge in [-0.1, -0.05) is 11.2 Å². The van der Waals surface area contributed by atoms with Crippen molar-refractivity contribution in [3.8, 4) is 11.1 Å². The summed E-state index contributed by atoms with van der Waals surface area (Å²) in [6, 6.07) is 6.75. The van der Waals surface area contributed by atoms with Gasteiger partial charge in [0.1, 0.15) is 7.11 Å². The van der Waals surface area contributed by atoms with Crippen molar-refractivity contribution in [1.29, 1.82) is 0 Å². The van der Waals surface area contributed by atoms with Gasteiger partial charge in [-0.05, 0) is 62.4 Å². The standard InChI is InChI=1S/C26H27N5O2/c1-13(2)31-21-9-6-15(14(3)29-33-5)10-17(21)23-18-11-27-26(32)24(18)22-16(25(23)31)7-8-20-19(22)12-30(4)28-20/h6,9-10,12-13H,7-8,11H2,1-5H3,(H,27,32)/b29-14+. The van der Waals surface area contributed by atoms with Crippen LogP contribution in [0.15, 0.2) is 29.6 Å². The molecule has 168 valence electrons. The third kappa shape index (κ3) is 2.65. The highest BCUT2D eigenvalue weighted by Gasteiger charge is 2.35. The summed E-state index contributed by atoms with van der Waals surface area (Å²) in [5.41, 5.74) is 10.7. The first-order valence-electron chi connectivity index (χ1n) is 11.4. The van der Waals surface area contributed by atoms with Crippen LogP contribution in [0.4, 0.5) is 0 Å². The lowest BCUT2D eigenvalue weighted by Gasteiger charge is -2.22. The molecule has 1 N–H and O–H groups in total. The number of carbonyl (C=O) groups is 1. The second-order valence-corrected chi connectivity index (χ2v) is 9.33. The first-order chi connectivity index (χ1) is 15.9. The number of oxime groups is 1. The Hall–Kier alpha value is -3.61. The molecule has 0 unspecified atom stereocenters. The van der Waals surface area contributed by atoms with Gasteiger partial charge in [0.05, 0.1) is 22.5 Å². The zero-order chi connectivity index (χ0) is 23.0. The van der Waals surface area contributed by atoms with Gasteiger partial charge in [-0.15, -0.1) is 0 Å². The number of nitrogens with zero attached hydrogens (tertiary/aromatic N) is 4. The molecule has 0 atom stereocenters. The second-order valence-electron chi connectivity index (χ2n) is 9.33. The summed E-state index contributed by atoms with van der Waals surface area (Å²) >= 11 is 0. The van der Waals surface area contributed by atoms with Gasteiger partial charge in [0.25, 0.3) is 5.91 Å². The van der Waals surface area contributed by atoms with E-state index in [1.807, 2.05) is 18.7 Å². The number of amides is 1. The van der Waals surface area contributed by atoms with Gasteiger partial charge >= 0.3 is 0 Å². The van der Waals surface area contributed by atoms with E-state index in [-0.39, 0.29) is 11.9 Å². The second kappa shape index (κ2) is 6.94. The Morgan fingerprint density at radius 1 is 1.21 bits per heavy atom. The molecule has 1 aliphatic carbocycles. The highest BCUT2D eigenvalue weighted by atomic mass is 16.6. The van der Waals surface area contributed by atoms with E-state index < -0.39 is 0 Å². The number of hydrogen-bond donors (Lipinski definition) is 1. The Balaban J connectivity index is 1.82. The number of benzene rings is 2. The van der Waals surface area contributed by atoms with E-state index in [4.69, 9.17) is 4.84 Å². The van der Waals surface area contributed by atoms with Crippen LogP contribution in [0.1, 0.15) is 59.6 Å². The van der Waals surface area contributed by atoms with Crippen LogP contribution in [0.25, 0.3) is 32.9 Å². The molecule has 0 fully saturated rings. The first kappa shape index (κ1) is 20.0. The zero-order valence-corrected chi connectivity index (χ0v) is 19.6. The summed E-state index contributed by atoms with van der Waals surface area (Å²) in [7, 11) is 3.52. The van der Waals surface area contributed by atoms with Gasteiger partial charge in [-0.3, -0.25) is 9.48 Å². The molecule has 7 nitrogen and oxygen atoms in total. The number of fused-ring (bicyclic) bond motifs is 10. The molecule has 33 heavy (non-hydrogen) atoms. The maximum absolute atomic E-state index is 13.2. The van der Waals surface area contributed by atoms with Gasteiger partial charge in [0.2, 0.25) is 0 Å². The van der Waals surface area contributed by atoms with E-state index in [2.05, 4.69) is 58.4 Å². The summed E-state index contributed by atoms with van der Waals surface area (Å²) in [6.45, 7) is 6.95. The molecule has 1 aliphatic heterocycles. The molecule has 0 saturated heterocycles. The molecule has 6 rings (SSSR count). The number of aryl methyl sites for hydroxylation is 3. The summed E-state index contributed by atoms with van der Waals surface area (Å²) in [6.07, 6.45) is 3.82. The Morgan fingerprint density at radius 3 is 2.79 bits per heavy atom. The van der Waals surface area contributed by atoms with Gasteiger partial charge in [-0.2, -0.15) is 5.10 Å². The average Bonchev–Trinajstić information content (AvgIpc) is 3.45. The van der Waals surface area contributed by atoms with Crippen molar-refractivity contribution >= 4 is 33.4 Å². The minimum absolute atomic E-state index is 0.0126. The van der Waals surface area contributed by atoms with Crippen molar-refractivity contribution in [3.05, 3.63) is 52.3 Å². The average molecular weight is 442 g/mol. The molecule has 0 spiro atoms. The number of nitrogens with one attached hydrogen (secondary N) is 1. The molecule has 0 saturated carbocycles. The molecule has 1 amide bonds. The van der Waals surface area contributed by atoms with Crippen LogP contribution in [-0.4, -0.2) is 33.1 Å². The minimum Gasteiger partial charge on any atom is -0.399 e. The fourth-order valence-corrected chi connectivity index (χ4v) is 5.81. The van der Waals surface area contributed by atoms with E-state index in [0.29, 0.717) is 6.54 Å².